The lowest BCUT2D eigenvalue weighted by atomic mass is 10.1. The van der Waals surface area contributed by atoms with Gasteiger partial charge in [0.1, 0.15) is 18.0 Å². The maximum atomic E-state index is 12.3. The first kappa shape index (κ1) is 12.9. The molecule has 0 aliphatic heterocycles. The van der Waals surface area contributed by atoms with Gasteiger partial charge in [0, 0.05) is 11.8 Å². The highest BCUT2D eigenvalue weighted by atomic mass is 16.4. The number of nitrogens with zero attached hydrogens (tertiary/aromatic N) is 2. The summed E-state index contributed by atoms with van der Waals surface area (Å²) in [7, 11) is 0. The van der Waals surface area contributed by atoms with Gasteiger partial charge in [0.05, 0.1) is 5.39 Å². The molecule has 20 heavy (non-hydrogen) atoms. The molecule has 0 amide bonds. The summed E-state index contributed by atoms with van der Waals surface area (Å²) in [6.45, 7) is 3.45. The number of carboxylic acid groups (broad SMARTS) is 1. The number of furan rings is 1. The van der Waals surface area contributed by atoms with E-state index in [9.17, 15) is 9.59 Å². The van der Waals surface area contributed by atoms with Crippen LogP contribution in [0.15, 0.2) is 15.3 Å². The van der Waals surface area contributed by atoms with Crippen molar-refractivity contribution < 1.29 is 14.3 Å². The van der Waals surface area contributed by atoms with Crippen LogP contribution in [0.2, 0.25) is 0 Å². The van der Waals surface area contributed by atoms with Crippen LogP contribution in [-0.2, 0) is 11.3 Å². The summed E-state index contributed by atoms with van der Waals surface area (Å²) in [5.41, 5.74) is 0.740. The topological polar surface area (TPSA) is 85.3 Å². The maximum absolute atomic E-state index is 12.3. The van der Waals surface area contributed by atoms with Crippen molar-refractivity contribution in [2.75, 3.05) is 0 Å². The largest absolute Gasteiger partial charge is 0.480 e. The molecule has 2 aromatic heterocycles. The van der Waals surface area contributed by atoms with Crippen LogP contribution in [0.4, 0.5) is 0 Å². The fraction of sp³-hybridized carbons (Fsp3) is 0.500. The molecule has 6 nitrogen and oxygen atoms in total. The first-order valence-corrected chi connectivity index (χ1v) is 6.73. The van der Waals surface area contributed by atoms with Crippen LogP contribution in [0, 0.1) is 0 Å². The Bertz CT molecular complexity index is 737. The Hall–Kier alpha value is -2.11. The SMILES string of the molecule is CC(C)c1nn(CC(=O)O)c(=O)c2cc(C3CC3)oc12. The molecule has 0 unspecified atom stereocenters. The number of carbonyl (C=O) groups is 1. The molecule has 0 saturated heterocycles. The van der Waals surface area contributed by atoms with Crippen molar-refractivity contribution in [3.8, 4) is 0 Å². The van der Waals surface area contributed by atoms with Crippen LogP contribution in [0.1, 0.15) is 50.0 Å². The minimum Gasteiger partial charge on any atom is -0.480 e. The summed E-state index contributed by atoms with van der Waals surface area (Å²) in [5, 5.41) is 13.5. The Morgan fingerprint density at radius 1 is 1.55 bits per heavy atom. The van der Waals surface area contributed by atoms with E-state index in [-0.39, 0.29) is 5.92 Å². The zero-order valence-corrected chi connectivity index (χ0v) is 11.4. The summed E-state index contributed by atoms with van der Waals surface area (Å²) in [6.07, 6.45) is 2.15. The van der Waals surface area contributed by atoms with Gasteiger partial charge in [0.15, 0.2) is 5.58 Å². The third-order valence-electron chi connectivity index (χ3n) is 3.49. The molecule has 0 bridgehead atoms. The maximum Gasteiger partial charge on any atom is 0.325 e. The number of fused-ring (bicyclic) bond motifs is 1. The smallest absolute Gasteiger partial charge is 0.325 e. The summed E-state index contributed by atoms with van der Waals surface area (Å²) in [5.74, 6) is 0.180. The highest BCUT2D eigenvalue weighted by molar-refractivity contribution is 5.80. The molecule has 0 radical (unpaired) electrons. The summed E-state index contributed by atoms with van der Waals surface area (Å²) in [4.78, 5) is 23.1. The molecule has 1 fully saturated rings. The molecule has 0 spiro atoms. The molecule has 2 heterocycles. The van der Waals surface area contributed by atoms with Gasteiger partial charge in [-0.15, -0.1) is 0 Å². The molecule has 1 aliphatic rings. The standard InChI is InChI=1S/C14H16N2O4/c1-7(2)12-13-9(5-10(20-13)8-3-4-8)14(19)16(15-12)6-11(17)18/h5,7-8H,3-4,6H2,1-2H3,(H,17,18). The fourth-order valence-electron chi connectivity index (χ4n) is 2.30. The average Bonchev–Trinajstić information content (AvgIpc) is 3.11. The normalized spacial score (nSPS) is 15.2. The lowest BCUT2D eigenvalue weighted by molar-refractivity contribution is -0.138. The highest BCUT2D eigenvalue weighted by Gasteiger charge is 2.29. The average molecular weight is 276 g/mol. The van der Waals surface area contributed by atoms with E-state index in [1.807, 2.05) is 13.8 Å². The first-order valence-electron chi connectivity index (χ1n) is 6.73. The third kappa shape index (κ3) is 2.11. The molecular formula is C14H16N2O4. The van der Waals surface area contributed by atoms with Crippen molar-refractivity contribution in [2.24, 2.45) is 0 Å². The van der Waals surface area contributed by atoms with Crippen molar-refractivity contribution in [3.63, 3.8) is 0 Å². The van der Waals surface area contributed by atoms with Gasteiger partial charge in [-0.05, 0) is 18.9 Å². The zero-order valence-electron chi connectivity index (χ0n) is 11.4. The Morgan fingerprint density at radius 3 is 2.80 bits per heavy atom. The van der Waals surface area contributed by atoms with E-state index in [0.29, 0.717) is 22.6 Å². The van der Waals surface area contributed by atoms with E-state index in [1.165, 1.54) is 0 Å². The van der Waals surface area contributed by atoms with Crippen molar-refractivity contribution in [1.29, 1.82) is 0 Å². The Balaban J connectivity index is 2.24. The second-order valence-electron chi connectivity index (χ2n) is 5.56. The molecule has 106 valence electrons. The first-order chi connectivity index (χ1) is 9.47. The van der Waals surface area contributed by atoms with Crippen molar-refractivity contribution in [1.82, 2.24) is 9.78 Å². The Morgan fingerprint density at radius 2 is 2.25 bits per heavy atom. The lowest BCUT2D eigenvalue weighted by Gasteiger charge is -2.08. The Kier molecular flexibility index (Phi) is 2.88. The third-order valence-corrected chi connectivity index (χ3v) is 3.49. The molecular weight excluding hydrogens is 260 g/mol. The number of hydrogen-bond acceptors (Lipinski definition) is 4. The van der Waals surface area contributed by atoms with Gasteiger partial charge in [0.25, 0.3) is 5.56 Å². The number of carboxylic acids is 1. The molecule has 0 atom stereocenters. The molecule has 2 aromatic rings. The van der Waals surface area contributed by atoms with E-state index < -0.39 is 18.1 Å². The van der Waals surface area contributed by atoms with Gasteiger partial charge >= 0.3 is 5.97 Å². The highest BCUT2D eigenvalue weighted by Crippen LogP contribution is 2.42. The van der Waals surface area contributed by atoms with Gasteiger partial charge in [-0.1, -0.05) is 13.8 Å². The second kappa shape index (κ2) is 4.47. The molecule has 6 heteroatoms. The molecule has 0 aromatic carbocycles. The minimum atomic E-state index is -1.08. The lowest BCUT2D eigenvalue weighted by Crippen LogP contribution is -2.27. The van der Waals surface area contributed by atoms with Crippen molar-refractivity contribution in [3.05, 3.63) is 27.9 Å². The summed E-state index contributed by atoms with van der Waals surface area (Å²) >= 11 is 0. The van der Waals surface area contributed by atoms with E-state index >= 15 is 0 Å². The number of rotatable bonds is 4. The van der Waals surface area contributed by atoms with Crippen LogP contribution in [-0.4, -0.2) is 20.9 Å². The number of aromatic nitrogens is 2. The monoisotopic (exact) mass is 276 g/mol. The van der Waals surface area contributed by atoms with Crippen LogP contribution in [0.25, 0.3) is 11.0 Å². The Labute approximate surface area is 115 Å². The minimum absolute atomic E-state index is 0.0522. The molecule has 1 saturated carbocycles. The quantitative estimate of drug-likeness (QED) is 0.924. The molecule has 1 aliphatic carbocycles. The summed E-state index contributed by atoms with van der Waals surface area (Å²) in [6, 6.07) is 1.75. The molecule has 3 rings (SSSR count). The van der Waals surface area contributed by atoms with Gasteiger partial charge in [-0.3, -0.25) is 9.59 Å². The van der Waals surface area contributed by atoms with E-state index in [1.54, 1.807) is 6.07 Å². The van der Waals surface area contributed by atoms with Crippen LogP contribution in [0.5, 0.6) is 0 Å². The second-order valence-corrected chi connectivity index (χ2v) is 5.56. The summed E-state index contributed by atoms with van der Waals surface area (Å²) < 4.78 is 6.81. The van der Waals surface area contributed by atoms with Gasteiger partial charge < -0.3 is 9.52 Å². The molecule has 1 N–H and O–H groups in total. The van der Waals surface area contributed by atoms with Crippen LogP contribution in [0.3, 0.4) is 0 Å². The van der Waals surface area contributed by atoms with Gasteiger partial charge in [-0.2, -0.15) is 5.10 Å². The van der Waals surface area contributed by atoms with E-state index in [2.05, 4.69) is 5.10 Å². The van der Waals surface area contributed by atoms with Crippen LogP contribution < -0.4 is 5.56 Å². The fourth-order valence-corrected chi connectivity index (χ4v) is 2.30. The number of hydrogen-bond donors (Lipinski definition) is 1. The predicted octanol–water partition coefficient (Wildman–Crippen LogP) is 2.07. The predicted molar refractivity (Wildman–Crippen MR) is 72.0 cm³/mol. The van der Waals surface area contributed by atoms with Crippen molar-refractivity contribution >= 4 is 16.9 Å². The van der Waals surface area contributed by atoms with Gasteiger partial charge in [-0.25, -0.2) is 4.68 Å². The van der Waals surface area contributed by atoms with Crippen molar-refractivity contribution in [2.45, 2.75) is 45.1 Å². The number of aliphatic carboxylic acids is 1. The van der Waals surface area contributed by atoms with E-state index in [4.69, 9.17) is 9.52 Å². The zero-order chi connectivity index (χ0) is 14.4. The van der Waals surface area contributed by atoms with Crippen LogP contribution >= 0.6 is 0 Å². The van der Waals surface area contributed by atoms with E-state index in [0.717, 1.165) is 23.3 Å². The van der Waals surface area contributed by atoms with Gasteiger partial charge in [0.2, 0.25) is 0 Å².